The number of allylic oxidation sites excluding steroid dienone is 1. The molecule has 1 N–H and O–H groups in total. The van der Waals surface area contributed by atoms with Gasteiger partial charge in [-0.2, -0.15) is 0 Å². The first kappa shape index (κ1) is 13.2. The van der Waals surface area contributed by atoms with E-state index in [1.165, 1.54) is 0 Å². The highest BCUT2D eigenvalue weighted by molar-refractivity contribution is 5.77. The van der Waals surface area contributed by atoms with Crippen molar-refractivity contribution in [2.45, 2.75) is 48.5 Å². The number of carboxylic acid groups (broad SMARTS) is 1. The second-order valence-electron chi connectivity index (χ2n) is 5.43. The van der Waals surface area contributed by atoms with Crippen LogP contribution < -0.4 is 0 Å². The van der Waals surface area contributed by atoms with Gasteiger partial charge < -0.3 is 5.11 Å². The summed E-state index contributed by atoms with van der Waals surface area (Å²) in [6.45, 7) is 13.7. The SMILES string of the molecule is CC(=C(C)C(C)(C)C(=O)O)C(C)(C)C. The van der Waals surface area contributed by atoms with Gasteiger partial charge in [-0.15, -0.1) is 0 Å². The van der Waals surface area contributed by atoms with Crippen molar-refractivity contribution in [2.75, 3.05) is 0 Å². The van der Waals surface area contributed by atoms with Crippen LogP contribution in [0, 0.1) is 10.8 Å². The van der Waals surface area contributed by atoms with Gasteiger partial charge in [0.25, 0.3) is 0 Å². The molecule has 0 radical (unpaired) electrons. The van der Waals surface area contributed by atoms with Gasteiger partial charge in [0, 0.05) is 0 Å². The van der Waals surface area contributed by atoms with Gasteiger partial charge in [-0.1, -0.05) is 31.9 Å². The Morgan fingerprint density at radius 1 is 0.929 bits per heavy atom. The maximum absolute atomic E-state index is 11.1. The van der Waals surface area contributed by atoms with Gasteiger partial charge >= 0.3 is 5.97 Å². The molecule has 0 bridgehead atoms. The lowest BCUT2D eigenvalue weighted by Crippen LogP contribution is -2.27. The highest BCUT2D eigenvalue weighted by atomic mass is 16.4. The van der Waals surface area contributed by atoms with Gasteiger partial charge in [0.2, 0.25) is 0 Å². The number of aliphatic carboxylic acids is 1. The van der Waals surface area contributed by atoms with Crippen molar-refractivity contribution in [1.29, 1.82) is 0 Å². The second-order valence-corrected chi connectivity index (χ2v) is 5.43. The highest BCUT2D eigenvalue weighted by Crippen LogP contribution is 2.36. The second kappa shape index (κ2) is 3.76. The molecular weight excluding hydrogens is 176 g/mol. The lowest BCUT2D eigenvalue weighted by Gasteiger charge is -2.29. The minimum absolute atomic E-state index is 0.0385. The summed E-state index contributed by atoms with van der Waals surface area (Å²) < 4.78 is 0. The van der Waals surface area contributed by atoms with Crippen molar-refractivity contribution in [3.05, 3.63) is 11.1 Å². The van der Waals surface area contributed by atoms with Gasteiger partial charge in [-0.3, -0.25) is 4.79 Å². The molecule has 0 rings (SSSR count). The summed E-state index contributed by atoms with van der Waals surface area (Å²) in [5, 5.41) is 9.09. The molecule has 0 aliphatic carbocycles. The Morgan fingerprint density at radius 2 is 1.29 bits per heavy atom. The first-order valence-corrected chi connectivity index (χ1v) is 4.93. The fraction of sp³-hybridized carbons (Fsp3) is 0.750. The number of hydrogen-bond donors (Lipinski definition) is 1. The number of carboxylic acids is 1. The zero-order chi connectivity index (χ0) is 11.7. The number of carbonyl (C=O) groups is 1. The normalized spacial score (nSPS) is 15.1. The smallest absolute Gasteiger partial charge is 0.313 e. The standard InChI is InChI=1S/C12H22O2/c1-8(11(3,4)5)9(2)12(6,7)10(13)14/h1-7H3,(H,13,14). The molecule has 0 aromatic heterocycles. The molecule has 0 saturated carbocycles. The topological polar surface area (TPSA) is 37.3 Å². The zero-order valence-electron chi connectivity index (χ0n) is 10.4. The molecule has 0 aliphatic rings. The quantitative estimate of drug-likeness (QED) is 0.690. The van der Waals surface area contributed by atoms with Crippen LogP contribution in [0.25, 0.3) is 0 Å². The number of rotatable bonds is 2. The van der Waals surface area contributed by atoms with Crippen LogP contribution in [0.1, 0.15) is 48.5 Å². The van der Waals surface area contributed by atoms with Crippen molar-refractivity contribution in [3.63, 3.8) is 0 Å². The van der Waals surface area contributed by atoms with Crippen LogP contribution in [0.3, 0.4) is 0 Å². The van der Waals surface area contributed by atoms with E-state index in [1.807, 2.05) is 13.8 Å². The molecule has 0 aromatic rings. The van der Waals surface area contributed by atoms with Crippen molar-refractivity contribution in [3.8, 4) is 0 Å². The van der Waals surface area contributed by atoms with Crippen LogP contribution in [-0.2, 0) is 4.79 Å². The summed E-state index contributed by atoms with van der Waals surface area (Å²) >= 11 is 0. The Balaban J connectivity index is 5.31. The van der Waals surface area contributed by atoms with Crippen molar-refractivity contribution in [2.24, 2.45) is 10.8 Å². The Morgan fingerprint density at radius 3 is 1.50 bits per heavy atom. The van der Waals surface area contributed by atoms with Crippen molar-refractivity contribution in [1.82, 2.24) is 0 Å². The summed E-state index contributed by atoms with van der Waals surface area (Å²) in [5.41, 5.74) is 1.39. The van der Waals surface area contributed by atoms with E-state index in [0.29, 0.717) is 0 Å². The summed E-state index contributed by atoms with van der Waals surface area (Å²) in [5.74, 6) is -0.765. The largest absolute Gasteiger partial charge is 0.481 e. The van der Waals surface area contributed by atoms with Gasteiger partial charge in [-0.05, 0) is 33.1 Å². The Kier molecular flexibility index (Phi) is 3.54. The maximum Gasteiger partial charge on any atom is 0.313 e. The van der Waals surface area contributed by atoms with Crippen molar-refractivity contribution >= 4 is 5.97 Å². The van der Waals surface area contributed by atoms with Crippen LogP contribution in [0.5, 0.6) is 0 Å². The monoisotopic (exact) mass is 198 g/mol. The van der Waals surface area contributed by atoms with E-state index in [4.69, 9.17) is 5.11 Å². The average molecular weight is 198 g/mol. The van der Waals surface area contributed by atoms with E-state index in [-0.39, 0.29) is 5.41 Å². The number of hydrogen-bond acceptors (Lipinski definition) is 1. The average Bonchev–Trinajstić information content (AvgIpc) is 1.99. The van der Waals surface area contributed by atoms with E-state index in [9.17, 15) is 4.79 Å². The molecule has 2 heteroatoms. The fourth-order valence-corrected chi connectivity index (χ4v) is 1.19. The highest BCUT2D eigenvalue weighted by Gasteiger charge is 2.32. The molecule has 14 heavy (non-hydrogen) atoms. The predicted molar refractivity (Wildman–Crippen MR) is 59.2 cm³/mol. The molecule has 0 aromatic carbocycles. The van der Waals surface area contributed by atoms with Gasteiger partial charge in [0.15, 0.2) is 0 Å². The fourth-order valence-electron chi connectivity index (χ4n) is 1.19. The Hall–Kier alpha value is -0.790. The van der Waals surface area contributed by atoms with Crippen molar-refractivity contribution < 1.29 is 9.90 Å². The Bertz CT molecular complexity index is 265. The van der Waals surface area contributed by atoms with E-state index < -0.39 is 11.4 Å². The summed E-state index contributed by atoms with van der Waals surface area (Å²) in [4.78, 5) is 11.1. The molecule has 0 amide bonds. The van der Waals surface area contributed by atoms with Gasteiger partial charge in [0.05, 0.1) is 5.41 Å². The minimum atomic E-state index is -0.767. The molecular formula is C12H22O2. The predicted octanol–water partition coefficient (Wildman–Crippen LogP) is 3.48. The molecule has 0 atom stereocenters. The van der Waals surface area contributed by atoms with Crippen LogP contribution in [0.4, 0.5) is 0 Å². The van der Waals surface area contributed by atoms with E-state index >= 15 is 0 Å². The van der Waals surface area contributed by atoms with Crippen LogP contribution in [-0.4, -0.2) is 11.1 Å². The third-order valence-electron chi connectivity index (χ3n) is 3.16. The maximum atomic E-state index is 11.1. The molecule has 0 spiro atoms. The molecule has 82 valence electrons. The molecule has 0 saturated heterocycles. The van der Waals surface area contributed by atoms with Crippen LogP contribution in [0.2, 0.25) is 0 Å². The van der Waals surface area contributed by atoms with Gasteiger partial charge in [-0.25, -0.2) is 0 Å². The third kappa shape index (κ3) is 2.60. The van der Waals surface area contributed by atoms with Gasteiger partial charge in [0.1, 0.15) is 0 Å². The lowest BCUT2D eigenvalue weighted by atomic mass is 9.75. The molecule has 0 heterocycles. The van der Waals surface area contributed by atoms with E-state index in [0.717, 1.165) is 11.1 Å². The van der Waals surface area contributed by atoms with E-state index in [1.54, 1.807) is 13.8 Å². The third-order valence-corrected chi connectivity index (χ3v) is 3.16. The van der Waals surface area contributed by atoms with E-state index in [2.05, 4.69) is 20.8 Å². The zero-order valence-corrected chi connectivity index (χ0v) is 10.4. The summed E-state index contributed by atoms with van der Waals surface area (Å²) in [6.07, 6.45) is 0. The molecule has 2 nitrogen and oxygen atoms in total. The van der Waals surface area contributed by atoms with Crippen LogP contribution in [0.15, 0.2) is 11.1 Å². The first-order chi connectivity index (χ1) is 6.01. The summed E-state index contributed by atoms with van der Waals surface area (Å²) in [6, 6.07) is 0. The molecule has 0 aliphatic heterocycles. The summed E-state index contributed by atoms with van der Waals surface area (Å²) in [7, 11) is 0. The molecule has 0 unspecified atom stereocenters. The Labute approximate surface area is 87.0 Å². The first-order valence-electron chi connectivity index (χ1n) is 4.93. The lowest BCUT2D eigenvalue weighted by molar-refractivity contribution is -0.144. The minimum Gasteiger partial charge on any atom is -0.481 e. The van der Waals surface area contributed by atoms with Crippen LogP contribution >= 0.6 is 0 Å². The molecule has 0 fully saturated rings.